The second kappa shape index (κ2) is 10.2. The Balaban J connectivity index is 1.89. The van der Waals surface area contributed by atoms with Gasteiger partial charge in [0.2, 0.25) is 5.91 Å². The van der Waals surface area contributed by atoms with Crippen molar-refractivity contribution in [1.29, 1.82) is 5.26 Å². The van der Waals surface area contributed by atoms with Gasteiger partial charge in [0.05, 0.1) is 36.3 Å². The minimum Gasteiger partial charge on any atom is -0.340 e. The van der Waals surface area contributed by atoms with Gasteiger partial charge in [0.1, 0.15) is 6.54 Å². The van der Waals surface area contributed by atoms with Gasteiger partial charge in [-0.05, 0) is 31.0 Å². The number of nitrogens with zero attached hydrogens (tertiary/aromatic N) is 4. The highest BCUT2D eigenvalue weighted by molar-refractivity contribution is 6.35. The zero-order valence-electron chi connectivity index (χ0n) is 18.0. The summed E-state index contributed by atoms with van der Waals surface area (Å²) in [6.07, 6.45) is 0.979. The maximum atomic E-state index is 13.4. The second-order valence-electron chi connectivity index (χ2n) is 7.60. The van der Waals surface area contributed by atoms with E-state index in [0.717, 1.165) is 6.42 Å². The first kappa shape index (κ1) is 23.9. The molecule has 0 spiro atoms. The van der Waals surface area contributed by atoms with Crippen molar-refractivity contribution in [2.75, 3.05) is 32.7 Å². The molecule has 0 radical (unpaired) electrons. The van der Waals surface area contributed by atoms with Crippen molar-refractivity contribution in [2.24, 2.45) is 0 Å². The Labute approximate surface area is 197 Å². The van der Waals surface area contributed by atoms with Crippen LogP contribution in [0.25, 0.3) is 0 Å². The van der Waals surface area contributed by atoms with Crippen molar-refractivity contribution in [3.63, 3.8) is 0 Å². The molecule has 0 aromatic heterocycles. The highest BCUT2D eigenvalue weighted by Gasteiger charge is 2.44. The van der Waals surface area contributed by atoms with Crippen LogP contribution in [-0.4, -0.2) is 65.3 Å². The Morgan fingerprint density at radius 3 is 2.66 bits per heavy atom. The largest absolute Gasteiger partial charge is 0.340 e. The van der Waals surface area contributed by atoms with Crippen molar-refractivity contribution in [1.82, 2.24) is 20.0 Å². The van der Waals surface area contributed by atoms with Crippen LogP contribution in [0.15, 0.2) is 29.5 Å². The van der Waals surface area contributed by atoms with E-state index in [2.05, 4.69) is 5.32 Å². The molecule has 1 aromatic rings. The minimum atomic E-state index is -0.733. The van der Waals surface area contributed by atoms with Crippen LogP contribution in [0.1, 0.15) is 38.3 Å². The molecule has 4 amide bonds. The van der Waals surface area contributed by atoms with E-state index in [0.29, 0.717) is 46.5 Å². The normalized spacial score (nSPS) is 17.9. The second-order valence-corrected chi connectivity index (χ2v) is 8.45. The molecule has 170 valence electrons. The quantitative estimate of drug-likeness (QED) is 0.620. The Kier molecular flexibility index (Phi) is 7.64. The number of benzene rings is 1. The van der Waals surface area contributed by atoms with E-state index in [-0.39, 0.29) is 37.4 Å². The van der Waals surface area contributed by atoms with Gasteiger partial charge in [0, 0.05) is 29.7 Å². The fourth-order valence-electron chi connectivity index (χ4n) is 4.06. The molecule has 0 bridgehead atoms. The Hall–Kier alpha value is -2.76. The SMILES string of the molecule is CCCN(CCC#N)C(=O)CN1CC2=C(C1=O)[C@@H](c1ccc(Cl)cc1Cl)NC(=O)N2CC. The number of likely N-dealkylation sites (N-methyl/N-ethyl adjacent to an activating group) is 1. The first-order valence-corrected chi connectivity index (χ1v) is 11.3. The Morgan fingerprint density at radius 1 is 1.28 bits per heavy atom. The molecule has 2 aliphatic heterocycles. The molecule has 0 saturated heterocycles. The van der Waals surface area contributed by atoms with E-state index >= 15 is 0 Å². The molecule has 0 fully saturated rings. The average molecular weight is 478 g/mol. The van der Waals surface area contributed by atoms with Crippen molar-refractivity contribution < 1.29 is 14.4 Å². The van der Waals surface area contributed by atoms with Crippen LogP contribution in [0.4, 0.5) is 4.79 Å². The summed E-state index contributed by atoms with van der Waals surface area (Å²) in [4.78, 5) is 43.6. The summed E-state index contributed by atoms with van der Waals surface area (Å²) in [7, 11) is 0. The van der Waals surface area contributed by atoms with E-state index in [9.17, 15) is 14.4 Å². The lowest BCUT2D eigenvalue weighted by atomic mass is 9.95. The van der Waals surface area contributed by atoms with E-state index in [1.807, 2.05) is 19.9 Å². The van der Waals surface area contributed by atoms with Crippen molar-refractivity contribution in [3.8, 4) is 6.07 Å². The molecular formula is C22H25Cl2N5O3. The zero-order valence-corrected chi connectivity index (χ0v) is 19.5. The molecule has 1 aromatic carbocycles. The van der Waals surface area contributed by atoms with Crippen LogP contribution < -0.4 is 5.32 Å². The van der Waals surface area contributed by atoms with Gasteiger partial charge in [-0.1, -0.05) is 36.2 Å². The fraction of sp³-hybridized carbons (Fsp3) is 0.455. The van der Waals surface area contributed by atoms with Gasteiger partial charge in [0.15, 0.2) is 0 Å². The first-order chi connectivity index (χ1) is 15.3. The number of hydrogen-bond acceptors (Lipinski definition) is 4. The number of carbonyl (C=O) groups is 3. The fourth-order valence-corrected chi connectivity index (χ4v) is 4.58. The van der Waals surface area contributed by atoms with Crippen molar-refractivity contribution in [3.05, 3.63) is 45.1 Å². The van der Waals surface area contributed by atoms with Crippen LogP contribution in [0, 0.1) is 11.3 Å². The first-order valence-electron chi connectivity index (χ1n) is 10.5. The standard InChI is InChI=1S/C22H25Cl2N5O3/c1-3-9-27(10-5-8-25)18(30)13-28-12-17-19(21(28)31)20(26-22(32)29(17)4-2)15-7-6-14(23)11-16(15)24/h6-7,11,20H,3-5,9-10,12-13H2,1-2H3,(H,26,32)/t20-/m1/s1. The van der Waals surface area contributed by atoms with Crippen LogP contribution in [0.2, 0.25) is 10.0 Å². The molecule has 3 rings (SSSR count). The third-order valence-electron chi connectivity index (χ3n) is 5.55. The van der Waals surface area contributed by atoms with Crippen LogP contribution in [0.3, 0.4) is 0 Å². The summed E-state index contributed by atoms with van der Waals surface area (Å²) in [6.45, 7) is 5.02. The number of rotatable bonds is 8. The molecule has 8 nitrogen and oxygen atoms in total. The number of nitriles is 1. The third-order valence-corrected chi connectivity index (χ3v) is 6.11. The molecular weight excluding hydrogens is 453 g/mol. The van der Waals surface area contributed by atoms with E-state index in [1.165, 1.54) is 9.80 Å². The summed E-state index contributed by atoms with van der Waals surface area (Å²) in [5.41, 5.74) is 1.54. The van der Waals surface area contributed by atoms with Gasteiger partial charge < -0.3 is 15.1 Å². The number of nitrogens with one attached hydrogen (secondary N) is 1. The number of urea groups is 1. The monoisotopic (exact) mass is 477 g/mol. The molecule has 1 N–H and O–H groups in total. The van der Waals surface area contributed by atoms with Gasteiger partial charge in [-0.2, -0.15) is 5.26 Å². The molecule has 10 heteroatoms. The lowest BCUT2D eigenvalue weighted by molar-refractivity contribution is -0.137. The molecule has 0 aliphatic carbocycles. The predicted octanol–water partition coefficient (Wildman–Crippen LogP) is 3.33. The van der Waals surface area contributed by atoms with Gasteiger partial charge in [-0.15, -0.1) is 0 Å². The summed E-state index contributed by atoms with van der Waals surface area (Å²) in [5.74, 6) is -0.543. The van der Waals surface area contributed by atoms with Gasteiger partial charge in [-0.3, -0.25) is 14.5 Å². The molecule has 0 unspecified atom stereocenters. The lowest BCUT2D eigenvalue weighted by Crippen LogP contribution is -2.47. The highest BCUT2D eigenvalue weighted by Crippen LogP contribution is 2.39. The Morgan fingerprint density at radius 2 is 2.03 bits per heavy atom. The summed E-state index contributed by atoms with van der Waals surface area (Å²) >= 11 is 12.4. The van der Waals surface area contributed by atoms with Crippen LogP contribution in [-0.2, 0) is 9.59 Å². The van der Waals surface area contributed by atoms with Crippen molar-refractivity contribution >= 4 is 41.0 Å². The zero-order chi connectivity index (χ0) is 23.4. The summed E-state index contributed by atoms with van der Waals surface area (Å²) in [6, 6.07) is 5.89. The molecule has 2 heterocycles. The third kappa shape index (κ3) is 4.69. The smallest absolute Gasteiger partial charge is 0.322 e. The molecule has 32 heavy (non-hydrogen) atoms. The van der Waals surface area contributed by atoms with Crippen LogP contribution >= 0.6 is 23.2 Å². The molecule has 1 atom stereocenters. The van der Waals surface area contributed by atoms with Gasteiger partial charge in [0.25, 0.3) is 5.91 Å². The summed E-state index contributed by atoms with van der Waals surface area (Å²) in [5, 5.41) is 12.5. The van der Waals surface area contributed by atoms with Crippen molar-refractivity contribution in [2.45, 2.75) is 32.7 Å². The molecule has 0 saturated carbocycles. The average Bonchev–Trinajstić information content (AvgIpc) is 3.06. The van der Waals surface area contributed by atoms with Crippen LogP contribution in [0.5, 0.6) is 0 Å². The lowest BCUT2D eigenvalue weighted by Gasteiger charge is -2.33. The topological polar surface area (TPSA) is 96.7 Å². The van der Waals surface area contributed by atoms with Gasteiger partial charge >= 0.3 is 6.03 Å². The van der Waals surface area contributed by atoms with E-state index in [1.54, 1.807) is 23.1 Å². The number of halogens is 2. The highest BCUT2D eigenvalue weighted by atomic mass is 35.5. The van der Waals surface area contributed by atoms with E-state index in [4.69, 9.17) is 28.5 Å². The maximum absolute atomic E-state index is 13.4. The number of hydrogen-bond donors (Lipinski definition) is 1. The molecule has 2 aliphatic rings. The minimum absolute atomic E-state index is 0.121. The maximum Gasteiger partial charge on any atom is 0.322 e. The number of carbonyl (C=O) groups excluding carboxylic acids is 3. The Bertz CT molecular complexity index is 1000. The van der Waals surface area contributed by atoms with Gasteiger partial charge in [-0.25, -0.2) is 4.79 Å². The number of amides is 4. The summed E-state index contributed by atoms with van der Waals surface area (Å²) < 4.78 is 0. The van der Waals surface area contributed by atoms with E-state index < -0.39 is 6.04 Å². The predicted molar refractivity (Wildman–Crippen MR) is 121 cm³/mol.